The van der Waals surface area contributed by atoms with E-state index in [1.165, 1.54) is 19.1 Å². The summed E-state index contributed by atoms with van der Waals surface area (Å²) < 4.78 is 25.9. The first-order chi connectivity index (χ1) is 10.4. The first kappa shape index (κ1) is 15.5. The van der Waals surface area contributed by atoms with E-state index in [1.807, 2.05) is 24.3 Å². The molecule has 6 heteroatoms. The standard InChI is InChI=1S/C16H21N3O2S/c1-22(20,21)18-16-11-19(10-15(16)14-6-7-14)9-13-4-2-12(8-17)3-5-13/h2-5,14-16,18H,6-7,9-11H2,1H3/t15-,16+/m1/s1. The number of nitriles is 1. The molecular formula is C16H21N3O2S. The van der Waals surface area contributed by atoms with E-state index in [1.54, 1.807) is 0 Å². The Labute approximate surface area is 132 Å². The van der Waals surface area contributed by atoms with Crippen LogP contribution in [0.25, 0.3) is 0 Å². The zero-order chi connectivity index (χ0) is 15.7. The number of benzene rings is 1. The van der Waals surface area contributed by atoms with Crippen LogP contribution in [0.3, 0.4) is 0 Å². The van der Waals surface area contributed by atoms with Crippen LogP contribution < -0.4 is 4.72 Å². The molecule has 2 aliphatic rings. The summed E-state index contributed by atoms with van der Waals surface area (Å²) in [6, 6.07) is 9.76. The Hall–Kier alpha value is -1.42. The smallest absolute Gasteiger partial charge is 0.209 e. The van der Waals surface area contributed by atoms with Crippen LogP contribution in [-0.2, 0) is 16.6 Å². The van der Waals surface area contributed by atoms with Crippen LogP contribution in [0.4, 0.5) is 0 Å². The fourth-order valence-electron chi connectivity index (χ4n) is 3.39. The van der Waals surface area contributed by atoms with Gasteiger partial charge in [0.2, 0.25) is 10.0 Å². The normalized spacial score (nSPS) is 26.0. The zero-order valence-electron chi connectivity index (χ0n) is 12.7. The molecule has 0 spiro atoms. The number of hydrogen-bond donors (Lipinski definition) is 1. The lowest BCUT2D eigenvalue weighted by atomic mass is 9.99. The Morgan fingerprint density at radius 2 is 1.95 bits per heavy atom. The summed E-state index contributed by atoms with van der Waals surface area (Å²) in [5.74, 6) is 1.10. The van der Waals surface area contributed by atoms with Gasteiger partial charge in [0.1, 0.15) is 0 Å². The van der Waals surface area contributed by atoms with E-state index >= 15 is 0 Å². The summed E-state index contributed by atoms with van der Waals surface area (Å²) in [7, 11) is -3.16. The van der Waals surface area contributed by atoms with Crippen molar-refractivity contribution in [1.29, 1.82) is 5.26 Å². The van der Waals surface area contributed by atoms with Gasteiger partial charge in [0.05, 0.1) is 17.9 Å². The van der Waals surface area contributed by atoms with Crippen molar-refractivity contribution in [3.05, 3.63) is 35.4 Å². The number of sulfonamides is 1. The summed E-state index contributed by atoms with van der Waals surface area (Å²) >= 11 is 0. The van der Waals surface area contributed by atoms with Gasteiger partial charge in [-0.2, -0.15) is 5.26 Å². The molecule has 1 aliphatic carbocycles. The second kappa shape index (κ2) is 5.99. The maximum Gasteiger partial charge on any atom is 0.209 e. The quantitative estimate of drug-likeness (QED) is 0.888. The Balaban J connectivity index is 1.66. The molecule has 5 nitrogen and oxygen atoms in total. The summed E-state index contributed by atoms with van der Waals surface area (Å²) in [5, 5.41) is 8.83. The maximum atomic E-state index is 11.6. The summed E-state index contributed by atoms with van der Waals surface area (Å²) in [4.78, 5) is 2.31. The first-order valence-electron chi connectivity index (χ1n) is 7.63. The number of nitrogens with zero attached hydrogens (tertiary/aromatic N) is 2. The Kier molecular flexibility index (Phi) is 4.22. The van der Waals surface area contributed by atoms with E-state index in [-0.39, 0.29) is 6.04 Å². The van der Waals surface area contributed by atoms with Gasteiger partial charge in [0.25, 0.3) is 0 Å². The van der Waals surface area contributed by atoms with Crippen molar-refractivity contribution in [1.82, 2.24) is 9.62 Å². The molecule has 118 valence electrons. The molecule has 1 aliphatic heterocycles. The zero-order valence-corrected chi connectivity index (χ0v) is 13.5. The number of likely N-dealkylation sites (tertiary alicyclic amines) is 1. The van der Waals surface area contributed by atoms with Crippen LogP contribution in [0.15, 0.2) is 24.3 Å². The third-order valence-electron chi connectivity index (χ3n) is 4.52. The maximum absolute atomic E-state index is 11.6. The van der Waals surface area contributed by atoms with Crippen LogP contribution >= 0.6 is 0 Å². The molecule has 0 bridgehead atoms. The third-order valence-corrected chi connectivity index (χ3v) is 5.25. The monoisotopic (exact) mass is 319 g/mol. The van der Waals surface area contributed by atoms with E-state index < -0.39 is 10.0 Å². The van der Waals surface area contributed by atoms with Gasteiger partial charge in [-0.15, -0.1) is 0 Å². The Morgan fingerprint density at radius 3 is 2.50 bits per heavy atom. The van der Waals surface area contributed by atoms with Gasteiger partial charge in [-0.1, -0.05) is 12.1 Å². The van der Waals surface area contributed by atoms with Crippen molar-refractivity contribution in [2.45, 2.75) is 25.4 Å². The van der Waals surface area contributed by atoms with Crippen LogP contribution in [0.5, 0.6) is 0 Å². The Bertz CT molecular complexity index is 674. The molecule has 3 rings (SSSR count). The molecule has 2 fully saturated rings. The molecule has 1 aromatic carbocycles. The largest absolute Gasteiger partial charge is 0.297 e. The van der Waals surface area contributed by atoms with Gasteiger partial charge in [0.15, 0.2) is 0 Å². The fraction of sp³-hybridized carbons (Fsp3) is 0.562. The second-order valence-corrected chi connectivity index (χ2v) is 8.28. The van der Waals surface area contributed by atoms with Crippen molar-refractivity contribution in [3.8, 4) is 6.07 Å². The van der Waals surface area contributed by atoms with Crippen LogP contribution in [0.2, 0.25) is 0 Å². The van der Waals surface area contributed by atoms with Crippen molar-refractivity contribution in [3.63, 3.8) is 0 Å². The molecule has 0 aromatic heterocycles. The topological polar surface area (TPSA) is 73.2 Å². The second-order valence-electron chi connectivity index (χ2n) is 6.50. The van der Waals surface area contributed by atoms with Crippen molar-refractivity contribution < 1.29 is 8.42 Å². The molecule has 1 saturated carbocycles. The molecule has 1 saturated heterocycles. The fourth-order valence-corrected chi connectivity index (χ4v) is 4.19. The van der Waals surface area contributed by atoms with Gasteiger partial charge in [0, 0.05) is 25.7 Å². The molecule has 1 heterocycles. The van der Waals surface area contributed by atoms with Gasteiger partial charge in [-0.25, -0.2) is 13.1 Å². The molecule has 1 N–H and O–H groups in total. The SMILES string of the molecule is CS(=O)(=O)N[C@H]1CN(Cc2ccc(C#N)cc2)C[C@@H]1C1CC1. The summed E-state index contributed by atoms with van der Waals surface area (Å²) in [5.41, 5.74) is 1.83. The van der Waals surface area contributed by atoms with Crippen molar-refractivity contribution in [2.24, 2.45) is 11.8 Å². The minimum absolute atomic E-state index is 0.0286. The molecular weight excluding hydrogens is 298 g/mol. The molecule has 0 amide bonds. The Morgan fingerprint density at radius 1 is 1.27 bits per heavy atom. The molecule has 0 unspecified atom stereocenters. The lowest BCUT2D eigenvalue weighted by Crippen LogP contribution is -2.40. The number of hydrogen-bond acceptors (Lipinski definition) is 4. The van der Waals surface area contributed by atoms with Crippen molar-refractivity contribution >= 4 is 10.0 Å². The average molecular weight is 319 g/mol. The van der Waals surface area contributed by atoms with Gasteiger partial charge < -0.3 is 0 Å². The summed E-state index contributed by atoms with van der Waals surface area (Å²) in [6.45, 7) is 2.50. The molecule has 1 aromatic rings. The minimum atomic E-state index is -3.16. The highest BCUT2D eigenvalue weighted by atomic mass is 32.2. The van der Waals surface area contributed by atoms with E-state index in [9.17, 15) is 8.42 Å². The predicted molar refractivity (Wildman–Crippen MR) is 84.4 cm³/mol. The third kappa shape index (κ3) is 3.86. The molecule has 2 atom stereocenters. The predicted octanol–water partition coefficient (Wildman–Crippen LogP) is 1.32. The molecule has 0 radical (unpaired) electrons. The van der Waals surface area contributed by atoms with E-state index in [0.717, 1.165) is 25.2 Å². The number of rotatable bonds is 5. The van der Waals surface area contributed by atoms with Crippen LogP contribution in [0.1, 0.15) is 24.0 Å². The van der Waals surface area contributed by atoms with Gasteiger partial charge in [-0.3, -0.25) is 4.90 Å². The average Bonchev–Trinajstić information content (AvgIpc) is 3.22. The van der Waals surface area contributed by atoms with Gasteiger partial charge in [-0.05, 0) is 42.4 Å². The summed E-state index contributed by atoms with van der Waals surface area (Å²) in [6.07, 6.45) is 3.68. The highest BCUT2D eigenvalue weighted by Crippen LogP contribution is 2.41. The molecule has 22 heavy (non-hydrogen) atoms. The first-order valence-corrected chi connectivity index (χ1v) is 9.52. The van der Waals surface area contributed by atoms with E-state index in [2.05, 4.69) is 15.7 Å². The lowest BCUT2D eigenvalue weighted by Gasteiger charge is -2.17. The highest BCUT2D eigenvalue weighted by Gasteiger charge is 2.43. The lowest BCUT2D eigenvalue weighted by molar-refractivity contribution is 0.309. The van der Waals surface area contributed by atoms with Crippen LogP contribution in [-0.4, -0.2) is 38.7 Å². The van der Waals surface area contributed by atoms with E-state index in [0.29, 0.717) is 17.4 Å². The van der Waals surface area contributed by atoms with E-state index in [4.69, 9.17) is 5.26 Å². The highest BCUT2D eigenvalue weighted by molar-refractivity contribution is 7.88. The number of nitrogens with one attached hydrogen (secondary N) is 1. The van der Waals surface area contributed by atoms with Crippen molar-refractivity contribution in [2.75, 3.05) is 19.3 Å². The minimum Gasteiger partial charge on any atom is -0.297 e. The van der Waals surface area contributed by atoms with Crippen LogP contribution in [0, 0.1) is 23.2 Å². The van der Waals surface area contributed by atoms with Gasteiger partial charge >= 0.3 is 0 Å².